The summed E-state index contributed by atoms with van der Waals surface area (Å²) in [6.07, 6.45) is 7.11. The average molecular weight is 436 g/mol. The van der Waals surface area contributed by atoms with Crippen LogP contribution in [-0.4, -0.2) is 44.9 Å². The molecule has 0 bridgehead atoms. The van der Waals surface area contributed by atoms with Gasteiger partial charge >= 0.3 is 0 Å². The van der Waals surface area contributed by atoms with E-state index in [1.165, 1.54) is 0 Å². The van der Waals surface area contributed by atoms with Crippen LogP contribution in [0.4, 0.5) is 5.82 Å². The summed E-state index contributed by atoms with van der Waals surface area (Å²) in [6, 6.07) is 11.3. The molecule has 3 aromatic rings. The summed E-state index contributed by atoms with van der Waals surface area (Å²) in [5.74, 6) is 1.73. The van der Waals surface area contributed by atoms with Crippen molar-refractivity contribution in [2.75, 3.05) is 18.4 Å². The molecule has 1 aromatic carbocycles. The zero-order valence-electron chi connectivity index (χ0n) is 17.8. The number of carbonyl (C=O) groups excluding carboxylic acids is 1. The maximum absolute atomic E-state index is 13.8. The first-order chi connectivity index (χ1) is 15.0. The molecule has 0 saturated carbocycles. The van der Waals surface area contributed by atoms with Crippen LogP contribution in [0.1, 0.15) is 35.7 Å². The predicted molar refractivity (Wildman–Crippen MR) is 123 cm³/mol. The van der Waals surface area contributed by atoms with Gasteiger partial charge in [0.15, 0.2) is 5.82 Å². The number of aromatic nitrogens is 3. The lowest BCUT2D eigenvalue weighted by molar-refractivity contribution is 0.0540. The first kappa shape index (κ1) is 21.2. The fourth-order valence-electron chi connectivity index (χ4n) is 4.22. The van der Waals surface area contributed by atoms with Gasteiger partial charge in [0.1, 0.15) is 5.82 Å². The maximum atomic E-state index is 13.8. The molecule has 1 fully saturated rings. The third kappa shape index (κ3) is 4.69. The van der Waals surface area contributed by atoms with Gasteiger partial charge in [0.2, 0.25) is 0 Å². The highest BCUT2D eigenvalue weighted by Crippen LogP contribution is 2.30. The number of halogens is 1. The quantitative estimate of drug-likeness (QED) is 0.620. The maximum Gasteiger partial charge on any atom is 0.255 e. The van der Waals surface area contributed by atoms with Crippen LogP contribution < -0.4 is 5.32 Å². The number of amides is 1. The summed E-state index contributed by atoms with van der Waals surface area (Å²) in [6.45, 7) is 5.54. The fraction of sp³-hybridized carbons (Fsp3) is 0.333. The number of carbonyl (C=O) groups is 1. The highest BCUT2D eigenvalue weighted by atomic mass is 35.5. The predicted octanol–water partition coefficient (Wildman–Crippen LogP) is 4.85. The number of hydrogen-bond acceptors (Lipinski definition) is 5. The molecule has 1 N–H and O–H groups in total. The Morgan fingerprint density at radius 1 is 1.16 bits per heavy atom. The molecular weight excluding hydrogens is 410 g/mol. The number of hydrogen-bond donors (Lipinski definition) is 1. The Bertz CT molecular complexity index is 1040. The van der Waals surface area contributed by atoms with Crippen LogP contribution in [-0.2, 0) is 0 Å². The zero-order chi connectivity index (χ0) is 21.8. The Labute approximate surface area is 187 Å². The summed E-state index contributed by atoms with van der Waals surface area (Å²) >= 11 is 5.94. The smallest absolute Gasteiger partial charge is 0.255 e. The lowest BCUT2D eigenvalue weighted by atomic mass is 9.89. The third-order valence-corrected chi connectivity index (χ3v) is 6.11. The van der Waals surface area contributed by atoms with Gasteiger partial charge in [-0.05, 0) is 49.4 Å². The number of likely N-dealkylation sites (tertiary alicyclic amines) is 1. The Hall–Kier alpha value is -2.99. The Morgan fingerprint density at radius 2 is 1.97 bits per heavy atom. The van der Waals surface area contributed by atoms with Crippen molar-refractivity contribution in [2.45, 2.75) is 32.7 Å². The average Bonchev–Trinajstić information content (AvgIpc) is 2.79. The van der Waals surface area contributed by atoms with E-state index < -0.39 is 0 Å². The molecule has 2 aromatic heterocycles. The monoisotopic (exact) mass is 435 g/mol. The van der Waals surface area contributed by atoms with E-state index >= 15 is 0 Å². The summed E-state index contributed by atoms with van der Waals surface area (Å²) < 4.78 is 0. The highest BCUT2D eigenvalue weighted by Gasteiger charge is 2.34. The van der Waals surface area contributed by atoms with Crippen molar-refractivity contribution < 1.29 is 4.79 Å². The summed E-state index contributed by atoms with van der Waals surface area (Å²) in [5, 5.41) is 3.98. The van der Waals surface area contributed by atoms with E-state index in [1.54, 1.807) is 24.7 Å². The SMILES string of the molecule is Cc1cccc(-c2ncccn2)c1C(=O)N1CCC[C@@H](C)[C@H]1CNc1ccc(Cl)cn1. The van der Waals surface area contributed by atoms with Gasteiger partial charge in [0.25, 0.3) is 5.91 Å². The zero-order valence-corrected chi connectivity index (χ0v) is 18.5. The van der Waals surface area contributed by atoms with E-state index in [9.17, 15) is 4.79 Å². The second kappa shape index (κ2) is 9.43. The van der Waals surface area contributed by atoms with Gasteiger partial charge in [-0.1, -0.05) is 36.7 Å². The van der Waals surface area contributed by atoms with Crippen LogP contribution in [0.2, 0.25) is 5.02 Å². The molecule has 7 heteroatoms. The summed E-state index contributed by atoms with van der Waals surface area (Å²) in [7, 11) is 0. The van der Waals surface area contributed by atoms with Crippen LogP contribution in [0.5, 0.6) is 0 Å². The van der Waals surface area contributed by atoms with Gasteiger partial charge in [-0.15, -0.1) is 0 Å². The molecule has 1 amide bonds. The normalized spacial score (nSPS) is 18.6. The van der Waals surface area contributed by atoms with E-state index in [-0.39, 0.29) is 11.9 Å². The Morgan fingerprint density at radius 3 is 2.71 bits per heavy atom. The van der Waals surface area contributed by atoms with Gasteiger partial charge in [0.05, 0.1) is 16.6 Å². The molecule has 0 spiro atoms. The number of nitrogens with one attached hydrogen (secondary N) is 1. The number of pyridine rings is 1. The minimum Gasteiger partial charge on any atom is -0.368 e. The van der Waals surface area contributed by atoms with Gasteiger partial charge in [0, 0.05) is 37.2 Å². The number of anilines is 1. The molecule has 1 aliphatic heterocycles. The van der Waals surface area contributed by atoms with Crippen molar-refractivity contribution in [2.24, 2.45) is 5.92 Å². The van der Waals surface area contributed by atoms with Crippen LogP contribution >= 0.6 is 11.6 Å². The van der Waals surface area contributed by atoms with Crippen molar-refractivity contribution in [3.63, 3.8) is 0 Å². The molecule has 1 aliphatic rings. The minimum absolute atomic E-state index is 0.0305. The van der Waals surface area contributed by atoms with E-state index in [1.807, 2.05) is 42.2 Å². The molecule has 6 nitrogen and oxygen atoms in total. The van der Waals surface area contributed by atoms with Crippen LogP contribution in [0, 0.1) is 12.8 Å². The van der Waals surface area contributed by atoms with Gasteiger partial charge in [-0.2, -0.15) is 0 Å². The molecule has 0 radical (unpaired) electrons. The first-order valence-corrected chi connectivity index (χ1v) is 11.0. The van der Waals surface area contributed by atoms with Crippen molar-refractivity contribution in [3.05, 3.63) is 71.1 Å². The van der Waals surface area contributed by atoms with E-state index in [4.69, 9.17) is 11.6 Å². The number of aryl methyl sites for hydroxylation is 1. The van der Waals surface area contributed by atoms with Gasteiger partial charge in [-0.25, -0.2) is 15.0 Å². The number of nitrogens with zero attached hydrogens (tertiary/aromatic N) is 4. The number of piperidine rings is 1. The van der Waals surface area contributed by atoms with Crippen LogP contribution in [0.15, 0.2) is 55.0 Å². The second-order valence-corrected chi connectivity index (χ2v) is 8.43. The van der Waals surface area contributed by atoms with Crippen LogP contribution in [0.25, 0.3) is 11.4 Å². The van der Waals surface area contributed by atoms with Gasteiger partial charge in [-0.3, -0.25) is 4.79 Å². The van der Waals surface area contributed by atoms with Gasteiger partial charge < -0.3 is 10.2 Å². The molecular formula is C24H26ClN5O. The molecule has 0 aliphatic carbocycles. The Balaban J connectivity index is 1.62. The summed E-state index contributed by atoms with van der Waals surface area (Å²) in [5.41, 5.74) is 2.38. The molecule has 0 unspecified atom stereocenters. The lowest BCUT2D eigenvalue weighted by Crippen LogP contribution is -2.51. The largest absolute Gasteiger partial charge is 0.368 e. The molecule has 1 saturated heterocycles. The van der Waals surface area contributed by atoms with Crippen molar-refractivity contribution in [1.29, 1.82) is 0 Å². The fourth-order valence-corrected chi connectivity index (χ4v) is 4.33. The van der Waals surface area contributed by atoms with E-state index in [2.05, 4.69) is 27.2 Å². The third-order valence-electron chi connectivity index (χ3n) is 5.89. The molecule has 2 atom stereocenters. The Kier molecular flexibility index (Phi) is 6.47. The molecule has 4 rings (SSSR count). The summed E-state index contributed by atoms with van der Waals surface area (Å²) in [4.78, 5) is 28.9. The number of rotatable bonds is 5. The topological polar surface area (TPSA) is 71.0 Å². The van der Waals surface area contributed by atoms with Crippen molar-refractivity contribution >= 4 is 23.3 Å². The first-order valence-electron chi connectivity index (χ1n) is 10.6. The second-order valence-electron chi connectivity index (χ2n) is 8.00. The van der Waals surface area contributed by atoms with E-state index in [0.29, 0.717) is 28.9 Å². The standard InChI is InChI=1S/C24H26ClN5O/c1-16-7-4-13-30(20(16)15-29-21-10-9-18(25)14-28-21)24(31)22-17(2)6-3-8-19(22)23-26-11-5-12-27-23/h3,5-6,8-12,14,16,20H,4,7,13,15H2,1-2H3,(H,28,29)/t16-,20-/m1/s1. The molecule has 3 heterocycles. The number of benzene rings is 1. The van der Waals surface area contributed by atoms with Crippen molar-refractivity contribution in [3.8, 4) is 11.4 Å². The molecule has 160 valence electrons. The van der Waals surface area contributed by atoms with Crippen LogP contribution in [0.3, 0.4) is 0 Å². The lowest BCUT2D eigenvalue weighted by Gasteiger charge is -2.40. The minimum atomic E-state index is 0.0305. The molecule has 31 heavy (non-hydrogen) atoms. The van der Waals surface area contributed by atoms with Crippen molar-refractivity contribution in [1.82, 2.24) is 19.9 Å². The van der Waals surface area contributed by atoms with E-state index in [0.717, 1.165) is 36.3 Å². The highest BCUT2D eigenvalue weighted by molar-refractivity contribution is 6.30.